The van der Waals surface area contributed by atoms with E-state index in [0.717, 1.165) is 17.1 Å². The summed E-state index contributed by atoms with van der Waals surface area (Å²) in [5.74, 6) is 1.54. The second-order valence-corrected chi connectivity index (χ2v) is 8.47. The van der Waals surface area contributed by atoms with Crippen LogP contribution in [0.25, 0.3) is 11.6 Å². The van der Waals surface area contributed by atoms with Crippen molar-refractivity contribution in [2.75, 3.05) is 16.0 Å². The van der Waals surface area contributed by atoms with Crippen molar-refractivity contribution in [1.82, 2.24) is 14.8 Å². The van der Waals surface area contributed by atoms with Crippen molar-refractivity contribution in [2.24, 2.45) is 7.05 Å². The molecule has 32 heavy (non-hydrogen) atoms. The van der Waals surface area contributed by atoms with Crippen LogP contribution in [0.3, 0.4) is 0 Å². The van der Waals surface area contributed by atoms with Gasteiger partial charge in [0.1, 0.15) is 0 Å². The predicted molar refractivity (Wildman–Crippen MR) is 128 cm³/mol. The number of thioether (sulfide) groups is 1. The summed E-state index contributed by atoms with van der Waals surface area (Å²) in [6.07, 6.45) is 1.60. The number of rotatable bonds is 8. The number of benzene rings is 2. The molecule has 8 heteroatoms. The number of para-hydroxylation sites is 1. The highest BCUT2D eigenvalue weighted by Gasteiger charge is 2.21. The van der Waals surface area contributed by atoms with Gasteiger partial charge in [-0.1, -0.05) is 30.0 Å². The normalized spacial score (nSPS) is 11.0. The van der Waals surface area contributed by atoms with Gasteiger partial charge in [-0.05, 0) is 62.4 Å². The summed E-state index contributed by atoms with van der Waals surface area (Å²) < 4.78 is 7.23. The van der Waals surface area contributed by atoms with Gasteiger partial charge in [-0.3, -0.25) is 4.79 Å². The number of hydrogen-bond donors (Lipinski definition) is 1. The SMILES string of the molecule is CC(C)N(C(=O)CSc1nnc(-c2ccco2)n1C)c1ccc(Nc2ccccc2)cc1. The number of amides is 1. The quantitative estimate of drug-likeness (QED) is 0.367. The van der Waals surface area contributed by atoms with Gasteiger partial charge in [0.05, 0.1) is 12.0 Å². The maximum Gasteiger partial charge on any atom is 0.237 e. The Balaban J connectivity index is 1.43. The minimum Gasteiger partial charge on any atom is -0.461 e. The number of carbonyl (C=O) groups excluding carboxylic acids is 1. The number of furan rings is 1. The largest absolute Gasteiger partial charge is 0.461 e. The van der Waals surface area contributed by atoms with E-state index in [0.29, 0.717) is 16.7 Å². The molecule has 0 fully saturated rings. The lowest BCUT2D eigenvalue weighted by Gasteiger charge is -2.27. The fourth-order valence-electron chi connectivity index (χ4n) is 3.38. The molecule has 0 saturated heterocycles. The third kappa shape index (κ3) is 4.86. The van der Waals surface area contributed by atoms with Gasteiger partial charge in [0.25, 0.3) is 0 Å². The molecule has 0 radical (unpaired) electrons. The van der Waals surface area contributed by atoms with Crippen LogP contribution in [-0.2, 0) is 11.8 Å². The molecule has 7 nitrogen and oxygen atoms in total. The lowest BCUT2D eigenvalue weighted by atomic mass is 10.2. The van der Waals surface area contributed by atoms with Crippen molar-refractivity contribution < 1.29 is 9.21 Å². The highest BCUT2D eigenvalue weighted by atomic mass is 32.2. The number of anilines is 3. The number of hydrogen-bond acceptors (Lipinski definition) is 6. The monoisotopic (exact) mass is 447 g/mol. The lowest BCUT2D eigenvalue weighted by molar-refractivity contribution is -0.116. The van der Waals surface area contributed by atoms with E-state index in [4.69, 9.17) is 4.42 Å². The van der Waals surface area contributed by atoms with Crippen molar-refractivity contribution in [3.05, 3.63) is 73.0 Å². The number of aromatic nitrogens is 3. The van der Waals surface area contributed by atoms with Gasteiger partial charge in [-0.25, -0.2) is 0 Å². The van der Waals surface area contributed by atoms with Crippen LogP contribution in [0.2, 0.25) is 0 Å². The van der Waals surface area contributed by atoms with Crippen LogP contribution in [0.5, 0.6) is 0 Å². The zero-order valence-corrected chi connectivity index (χ0v) is 19.0. The van der Waals surface area contributed by atoms with Crippen LogP contribution in [0.4, 0.5) is 17.1 Å². The molecule has 2 aromatic heterocycles. The third-order valence-corrected chi connectivity index (χ3v) is 5.90. The van der Waals surface area contributed by atoms with Crippen molar-refractivity contribution in [3.8, 4) is 11.6 Å². The van der Waals surface area contributed by atoms with Crippen LogP contribution in [0, 0.1) is 0 Å². The maximum atomic E-state index is 13.1. The first-order chi connectivity index (χ1) is 15.5. The summed E-state index contributed by atoms with van der Waals surface area (Å²) in [6, 6.07) is 21.5. The number of carbonyl (C=O) groups is 1. The Kier molecular flexibility index (Phi) is 6.61. The maximum absolute atomic E-state index is 13.1. The molecule has 0 spiro atoms. The molecule has 0 aliphatic carbocycles. The fourth-order valence-corrected chi connectivity index (χ4v) is 4.15. The molecule has 0 aliphatic rings. The molecule has 4 rings (SSSR count). The summed E-state index contributed by atoms with van der Waals surface area (Å²) >= 11 is 1.36. The van der Waals surface area contributed by atoms with E-state index in [1.807, 2.05) is 97.1 Å². The highest BCUT2D eigenvalue weighted by molar-refractivity contribution is 7.99. The van der Waals surface area contributed by atoms with Crippen LogP contribution >= 0.6 is 11.8 Å². The zero-order valence-electron chi connectivity index (χ0n) is 18.2. The van der Waals surface area contributed by atoms with E-state index in [1.165, 1.54) is 11.8 Å². The molecule has 0 unspecified atom stereocenters. The van der Waals surface area contributed by atoms with E-state index in [1.54, 1.807) is 6.26 Å². The van der Waals surface area contributed by atoms with E-state index in [9.17, 15) is 4.79 Å². The summed E-state index contributed by atoms with van der Waals surface area (Å²) in [6.45, 7) is 4.02. The van der Waals surface area contributed by atoms with Crippen molar-refractivity contribution in [2.45, 2.75) is 25.0 Å². The molecular formula is C24H25N5O2S. The van der Waals surface area contributed by atoms with E-state index in [2.05, 4.69) is 15.5 Å². The van der Waals surface area contributed by atoms with E-state index >= 15 is 0 Å². The zero-order chi connectivity index (χ0) is 22.5. The fraction of sp³-hybridized carbons (Fsp3) is 0.208. The summed E-state index contributed by atoms with van der Waals surface area (Å²) in [5.41, 5.74) is 2.85. The lowest BCUT2D eigenvalue weighted by Crippen LogP contribution is -2.38. The third-order valence-electron chi connectivity index (χ3n) is 4.89. The van der Waals surface area contributed by atoms with Gasteiger partial charge < -0.3 is 19.2 Å². The molecule has 4 aromatic rings. The summed E-state index contributed by atoms with van der Waals surface area (Å²) in [7, 11) is 1.86. The smallest absolute Gasteiger partial charge is 0.237 e. The van der Waals surface area contributed by atoms with Crippen LogP contribution in [0.1, 0.15) is 13.8 Å². The minimum absolute atomic E-state index is 0.0105. The molecule has 2 aromatic carbocycles. The molecule has 0 atom stereocenters. The van der Waals surface area contributed by atoms with Crippen LogP contribution < -0.4 is 10.2 Å². The van der Waals surface area contributed by atoms with Gasteiger partial charge in [0.2, 0.25) is 5.91 Å². The molecule has 1 amide bonds. The second-order valence-electron chi connectivity index (χ2n) is 7.53. The van der Waals surface area contributed by atoms with Gasteiger partial charge in [-0.2, -0.15) is 0 Å². The summed E-state index contributed by atoms with van der Waals surface area (Å²) in [5, 5.41) is 12.4. The Bertz CT molecular complexity index is 1160. The predicted octanol–water partition coefficient (Wildman–Crippen LogP) is 5.35. The molecule has 1 N–H and O–H groups in total. The average molecular weight is 448 g/mol. The van der Waals surface area contributed by atoms with Crippen LogP contribution in [0.15, 0.2) is 82.6 Å². The average Bonchev–Trinajstić information content (AvgIpc) is 3.44. The number of nitrogens with one attached hydrogen (secondary N) is 1. The Labute approximate surface area is 191 Å². The molecule has 0 aliphatic heterocycles. The second kappa shape index (κ2) is 9.74. The van der Waals surface area contributed by atoms with E-state index in [-0.39, 0.29) is 17.7 Å². The first kappa shape index (κ1) is 21.7. The highest BCUT2D eigenvalue weighted by Crippen LogP contribution is 2.26. The van der Waals surface area contributed by atoms with Gasteiger partial charge in [0.15, 0.2) is 16.7 Å². The Morgan fingerprint density at radius 2 is 1.75 bits per heavy atom. The first-order valence-electron chi connectivity index (χ1n) is 10.3. The minimum atomic E-state index is 0.0105. The Morgan fingerprint density at radius 1 is 1.03 bits per heavy atom. The Hall–Kier alpha value is -3.52. The van der Waals surface area contributed by atoms with Gasteiger partial charge >= 0.3 is 0 Å². The van der Waals surface area contributed by atoms with Gasteiger partial charge in [-0.15, -0.1) is 10.2 Å². The summed E-state index contributed by atoms with van der Waals surface area (Å²) in [4.78, 5) is 14.9. The molecule has 0 saturated carbocycles. The van der Waals surface area contributed by atoms with Crippen molar-refractivity contribution in [1.29, 1.82) is 0 Å². The Morgan fingerprint density at radius 3 is 2.41 bits per heavy atom. The topological polar surface area (TPSA) is 76.2 Å². The molecule has 0 bridgehead atoms. The van der Waals surface area contributed by atoms with Crippen molar-refractivity contribution >= 4 is 34.7 Å². The standard InChI is InChI=1S/C24H25N5O2S/c1-17(2)29(20-13-11-19(12-14-20)25-18-8-5-4-6-9-18)22(30)16-32-24-27-26-23(28(24)3)21-10-7-15-31-21/h4-15,17,25H,16H2,1-3H3. The van der Waals surface area contributed by atoms with Gasteiger partial charge in [0, 0.05) is 30.2 Å². The van der Waals surface area contributed by atoms with Crippen LogP contribution in [-0.4, -0.2) is 32.5 Å². The van der Waals surface area contributed by atoms with E-state index < -0.39 is 0 Å². The first-order valence-corrected chi connectivity index (χ1v) is 11.3. The number of nitrogens with zero attached hydrogens (tertiary/aromatic N) is 4. The molecular weight excluding hydrogens is 422 g/mol. The molecule has 2 heterocycles. The van der Waals surface area contributed by atoms with Crippen molar-refractivity contribution in [3.63, 3.8) is 0 Å². The molecule has 164 valence electrons.